The van der Waals surface area contributed by atoms with Crippen molar-refractivity contribution in [3.8, 4) is 11.1 Å². The quantitative estimate of drug-likeness (QED) is 0.280. The number of hydrogen-bond donors (Lipinski definition) is 0. The van der Waals surface area contributed by atoms with Gasteiger partial charge in [0.2, 0.25) is 0 Å². The summed E-state index contributed by atoms with van der Waals surface area (Å²) in [6.45, 7) is 9.17. The number of hydrogen-bond acceptors (Lipinski definition) is 0. The second kappa shape index (κ2) is 9.40. The molecule has 0 spiro atoms. The summed E-state index contributed by atoms with van der Waals surface area (Å²) >= 11 is 0. The minimum atomic E-state index is 0.583. The van der Waals surface area contributed by atoms with E-state index < -0.39 is 0 Å². The molecule has 4 aromatic carbocycles. The van der Waals surface area contributed by atoms with E-state index in [1.54, 1.807) is 33.4 Å². The largest absolute Gasteiger partial charge is 0.0619 e. The highest BCUT2D eigenvalue weighted by Crippen LogP contribution is 2.43. The van der Waals surface area contributed by atoms with Crippen molar-refractivity contribution >= 4 is 0 Å². The van der Waals surface area contributed by atoms with E-state index in [1.165, 1.54) is 59.1 Å². The van der Waals surface area contributed by atoms with Gasteiger partial charge in [0, 0.05) is 0 Å². The molecule has 2 atom stereocenters. The molecule has 0 bridgehead atoms. The van der Waals surface area contributed by atoms with Gasteiger partial charge in [-0.15, -0.1) is 0 Å². The maximum atomic E-state index is 2.41. The van der Waals surface area contributed by atoms with Gasteiger partial charge in [-0.3, -0.25) is 0 Å². The Morgan fingerprint density at radius 2 is 0.806 bits per heavy atom. The third-order valence-corrected chi connectivity index (χ3v) is 9.28. The Balaban J connectivity index is 1.39. The fourth-order valence-electron chi connectivity index (χ4n) is 7.18. The number of rotatable bonds is 3. The zero-order valence-corrected chi connectivity index (χ0v) is 22.3. The molecule has 36 heavy (non-hydrogen) atoms. The summed E-state index contributed by atoms with van der Waals surface area (Å²) in [4.78, 5) is 0. The lowest BCUT2D eigenvalue weighted by molar-refractivity contribution is 0.577. The minimum Gasteiger partial charge on any atom is -0.0619 e. The first-order valence-electron chi connectivity index (χ1n) is 13.9. The molecule has 2 unspecified atom stereocenters. The fraction of sp³-hybridized carbons (Fsp3) is 0.333. The van der Waals surface area contributed by atoms with Gasteiger partial charge in [0.15, 0.2) is 0 Å². The van der Waals surface area contributed by atoms with Crippen molar-refractivity contribution in [2.45, 2.75) is 78.1 Å². The molecule has 6 rings (SSSR count). The van der Waals surface area contributed by atoms with Crippen LogP contribution in [-0.2, 0) is 25.7 Å². The molecule has 0 heteroatoms. The molecule has 0 aliphatic heterocycles. The van der Waals surface area contributed by atoms with E-state index in [4.69, 9.17) is 0 Å². The van der Waals surface area contributed by atoms with Gasteiger partial charge in [0.25, 0.3) is 0 Å². The zero-order chi connectivity index (χ0) is 24.8. The summed E-state index contributed by atoms with van der Waals surface area (Å²) < 4.78 is 0. The molecule has 0 heterocycles. The molecular formula is C36H38. The van der Waals surface area contributed by atoms with Crippen molar-refractivity contribution in [1.82, 2.24) is 0 Å². The molecule has 2 aliphatic carbocycles. The summed E-state index contributed by atoms with van der Waals surface area (Å²) in [6, 6.07) is 27.9. The molecule has 182 valence electrons. The van der Waals surface area contributed by atoms with E-state index in [2.05, 4.69) is 100 Å². The molecule has 0 saturated heterocycles. The SMILES string of the molecule is Cc1ccc(C)c2c1CCC(c1ccccc1-c1ccccc1C1CCc3c(C)ccc(C)c3C1)C2. The van der Waals surface area contributed by atoms with E-state index in [0.717, 1.165) is 12.8 Å². The van der Waals surface area contributed by atoms with Gasteiger partial charge in [-0.1, -0.05) is 72.8 Å². The van der Waals surface area contributed by atoms with Crippen LogP contribution < -0.4 is 0 Å². The van der Waals surface area contributed by atoms with Gasteiger partial charge in [0.05, 0.1) is 0 Å². The van der Waals surface area contributed by atoms with Crippen LogP contribution in [0, 0.1) is 27.7 Å². The van der Waals surface area contributed by atoms with Crippen molar-refractivity contribution in [2.24, 2.45) is 0 Å². The minimum absolute atomic E-state index is 0.583. The molecule has 4 aromatic rings. The molecule has 0 amide bonds. The molecule has 0 nitrogen and oxygen atoms in total. The first-order valence-corrected chi connectivity index (χ1v) is 13.9. The molecule has 0 saturated carbocycles. The van der Waals surface area contributed by atoms with E-state index in [-0.39, 0.29) is 0 Å². The summed E-state index contributed by atoms with van der Waals surface area (Å²) in [5.74, 6) is 1.17. The lowest BCUT2D eigenvalue weighted by Gasteiger charge is -2.31. The fourth-order valence-corrected chi connectivity index (χ4v) is 7.18. The van der Waals surface area contributed by atoms with Gasteiger partial charge >= 0.3 is 0 Å². The van der Waals surface area contributed by atoms with Crippen molar-refractivity contribution in [3.05, 3.63) is 128 Å². The Morgan fingerprint density at radius 3 is 1.22 bits per heavy atom. The maximum Gasteiger partial charge on any atom is -0.0112 e. The van der Waals surface area contributed by atoms with Crippen molar-refractivity contribution in [2.75, 3.05) is 0 Å². The van der Waals surface area contributed by atoms with Gasteiger partial charge in [0.1, 0.15) is 0 Å². The smallest absolute Gasteiger partial charge is 0.0112 e. The van der Waals surface area contributed by atoms with Crippen LogP contribution in [0.2, 0.25) is 0 Å². The van der Waals surface area contributed by atoms with Gasteiger partial charge in [-0.05, 0) is 145 Å². The first-order chi connectivity index (χ1) is 17.5. The van der Waals surface area contributed by atoms with Crippen LogP contribution in [-0.4, -0.2) is 0 Å². The predicted octanol–water partition coefficient (Wildman–Crippen LogP) is 9.13. The first kappa shape index (κ1) is 23.3. The third kappa shape index (κ3) is 4.01. The number of fused-ring (bicyclic) bond motifs is 2. The average molecular weight is 471 g/mol. The van der Waals surface area contributed by atoms with Crippen LogP contribution in [0.25, 0.3) is 11.1 Å². The van der Waals surface area contributed by atoms with Gasteiger partial charge < -0.3 is 0 Å². The second-order valence-electron chi connectivity index (χ2n) is 11.4. The van der Waals surface area contributed by atoms with E-state index >= 15 is 0 Å². The maximum absolute atomic E-state index is 2.41. The lowest BCUT2D eigenvalue weighted by atomic mass is 9.73. The van der Waals surface area contributed by atoms with Gasteiger partial charge in [-0.25, -0.2) is 0 Å². The van der Waals surface area contributed by atoms with E-state index in [1.807, 2.05) is 0 Å². The van der Waals surface area contributed by atoms with E-state index in [0.29, 0.717) is 11.8 Å². The van der Waals surface area contributed by atoms with Crippen LogP contribution >= 0.6 is 0 Å². The van der Waals surface area contributed by atoms with Crippen molar-refractivity contribution in [1.29, 1.82) is 0 Å². The Bertz CT molecular complexity index is 1330. The summed E-state index contributed by atoms with van der Waals surface area (Å²) in [6.07, 6.45) is 7.20. The average Bonchev–Trinajstić information content (AvgIpc) is 2.92. The molecule has 0 fully saturated rings. The highest BCUT2D eigenvalue weighted by atomic mass is 14.3. The Labute approximate surface area is 217 Å². The van der Waals surface area contributed by atoms with Crippen LogP contribution in [0.15, 0.2) is 72.8 Å². The van der Waals surface area contributed by atoms with E-state index in [9.17, 15) is 0 Å². The van der Waals surface area contributed by atoms with Crippen molar-refractivity contribution in [3.63, 3.8) is 0 Å². The number of aryl methyl sites for hydroxylation is 4. The topological polar surface area (TPSA) is 0 Å². The summed E-state index contributed by atoms with van der Waals surface area (Å²) in [7, 11) is 0. The van der Waals surface area contributed by atoms with Crippen LogP contribution in [0.5, 0.6) is 0 Å². The summed E-state index contributed by atoms with van der Waals surface area (Å²) in [5, 5.41) is 0. The van der Waals surface area contributed by atoms with Crippen LogP contribution in [0.1, 0.15) is 80.3 Å². The standard InChI is InChI=1S/C36H38/c1-23-13-15-25(3)35-21-27(17-19-29(23)35)31-9-5-7-11-33(31)34-12-8-6-10-32(34)28-18-20-30-24(2)14-16-26(4)36(30)22-28/h5-16,27-28H,17-22H2,1-4H3. The van der Waals surface area contributed by atoms with Crippen LogP contribution in [0.4, 0.5) is 0 Å². The Morgan fingerprint density at radius 1 is 0.444 bits per heavy atom. The van der Waals surface area contributed by atoms with Crippen LogP contribution in [0.3, 0.4) is 0 Å². The Hall–Kier alpha value is -3.12. The normalized spacial score (nSPS) is 19.0. The monoisotopic (exact) mass is 470 g/mol. The highest BCUT2D eigenvalue weighted by molar-refractivity contribution is 5.72. The lowest BCUT2D eigenvalue weighted by Crippen LogP contribution is -2.17. The number of benzene rings is 4. The Kier molecular flexibility index (Phi) is 6.08. The van der Waals surface area contributed by atoms with Crippen molar-refractivity contribution < 1.29 is 0 Å². The highest BCUT2D eigenvalue weighted by Gasteiger charge is 2.28. The molecule has 0 N–H and O–H groups in total. The summed E-state index contributed by atoms with van der Waals surface area (Å²) in [5.41, 5.74) is 18.3. The molecule has 0 radical (unpaired) electrons. The second-order valence-corrected chi connectivity index (χ2v) is 11.4. The zero-order valence-electron chi connectivity index (χ0n) is 22.3. The predicted molar refractivity (Wildman–Crippen MR) is 153 cm³/mol. The molecule has 2 aliphatic rings. The third-order valence-electron chi connectivity index (χ3n) is 9.28. The van der Waals surface area contributed by atoms with Gasteiger partial charge in [-0.2, -0.15) is 0 Å². The molecular weight excluding hydrogens is 432 g/mol. The molecule has 0 aromatic heterocycles.